The number of hydrogen-bond acceptors (Lipinski definition) is 4. The van der Waals surface area contributed by atoms with E-state index in [0.29, 0.717) is 11.5 Å². The number of carbonyl (C=O) groups is 1. The van der Waals surface area contributed by atoms with Gasteiger partial charge < -0.3 is 20.5 Å². The minimum atomic E-state index is -0.00160. The van der Waals surface area contributed by atoms with Crippen molar-refractivity contribution in [2.45, 2.75) is 44.2 Å². The minimum Gasteiger partial charge on any atom is -0.496 e. The molecular weight excluding hydrogens is 268 g/mol. The lowest BCUT2D eigenvalue weighted by Gasteiger charge is -2.27. The minimum absolute atomic E-state index is 0.00160. The Labute approximate surface area is 125 Å². The Kier molecular flexibility index (Phi) is 5.44. The lowest BCUT2D eigenvalue weighted by molar-refractivity contribution is -0.121. The van der Waals surface area contributed by atoms with Crippen LogP contribution in [0, 0.1) is 0 Å². The Morgan fingerprint density at radius 2 is 1.76 bits per heavy atom. The van der Waals surface area contributed by atoms with Gasteiger partial charge in [0.2, 0.25) is 5.91 Å². The number of ether oxygens (including phenoxy) is 2. The summed E-state index contributed by atoms with van der Waals surface area (Å²) in [6.07, 6.45) is 4.12. The summed E-state index contributed by atoms with van der Waals surface area (Å²) >= 11 is 0. The summed E-state index contributed by atoms with van der Waals surface area (Å²) in [6.45, 7) is 0. The van der Waals surface area contributed by atoms with E-state index >= 15 is 0 Å². The van der Waals surface area contributed by atoms with Gasteiger partial charge in [0.05, 0.1) is 20.6 Å². The van der Waals surface area contributed by atoms with Crippen LogP contribution >= 0.6 is 0 Å². The predicted molar refractivity (Wildman–Crippen MR) is 81.6 cm³/mol. The Hall–Kier alpha value is -1.75. The molecule has 1 saturated carbocycles. The Bertz CT molecular complexity index is 460. The highest BCUT2D eigenvalue weighted by Gasteiger charge is 2.21. The van der Waals surface area contributed by atoms with Crippen LogP contribution in [0.4, 0.5) is 0 Å². The first-order valence-electron chi connectivity index (χ1n) is 7.38. The maximum absolute atomic E-state index is 12.2. The summed E-state index contributed by atoms with van der Waals surface area (Å²) in [7, 11) is 3.19. The van der Waals surface area contributed by atoms with Crippen LogP contribution in [0.25, 0.3) is 0 Å². The predicted octanol–water partition coefficient (Wildman–Crippen LogP) is 1.63. The number of amides is 1. The summed E-state index contributed by atoms with van der Waals surface area (Å²) in [5.74, 6) is 1.35. The van der Waals surface area contributed by atoms with E-state index in [1.54, 1.807) is 14.2 Å². The molecule has 0 atom stereocenters. The van der Waals surface area contributed by atoms with Crippen LogP contribution in [0.3, 0.4) is 0 Å². The second kappa shape index (κ2) is 7.31. The van der Waals surface area contributed by atoms with E-state index in [9.17, 15) is 4.79 Å². The highest BCUT2D eigenvalue weighted by Crippen LogP contribution is 2.28. The molecule has 116 valence electrons. The lowest BCUT2D eigenvalue weighted by atomic mass is 9.91. The van der Waals surface area contributed by atoms with E-state index < -0.39 is 0 Å². The zero-order valence-electron chi connectivity index (χ0n) is 12.7. The number of nitrogens with one attached hydrogen (secondary N) is 1. The summed E-state index contributed by atoms with van der Waals surface area (Å²) in [6, 6.07) is 6.04. The Morgan fingerprint density at radius 1 is 1.19 bits per heavy atom. The SMILES string of the molecule is COc1cccc(OC)c1CC(=O)NC1CCC(N)CC1. The van der Waals surface area contributed by atoms with Crippen molar-refractivity contribution in [1.29, 1.82) is 0 Å². The third-order valence-corrected chi connectivity index (χ3v) is 4.00. The standard InChI is InChI=1S/C16H24N2O3/c1-20-14-4-3-5-15(21-2)13(14)10-16(19)18-12-8-6-11(17)7-9-12/h3-5,11-12H,6-10,17H2,1-2H3,(H,18,19). The van der Waals surface area contributed by atoms with E-state index in [4.69, 9.17) is 15.2 Å². The Morgan fingerprint density at radius 3 is 2.29 bits per heavy atom. The van der Waals surface area contributed by atoms with Crippen molar-refractivity contribution in [2.24, 2.45) is 5.73 Å². The highest BCUT2D eigenvalue weighted by atomic mass is 16.5. The van der Waals surface area contributed by atoms with Gasteiger partial charge in [0.25, 0.3) is 0 Å². The second-order valence-corrected chi connectivity index (χ2v) is 5.50. The average Bonchev–Trinajstić information content (AvgIpc) is 2.49. The number of benzene rings is 1. The van der Waals surface area contributed by atoms with E-state index in [1.165, 1.54) is 0 Å². The molecule has 0 aliphatic heterocycles. The van der Waals surface area contributed by atoms with E-state index in [-0.39, 0.29) is 24.4 Å². The quantitative estimate of drug-likeness (QED) is 0.865. The molecule has 0 unspecified atom stereocenters. The zero-order chi connectivity index (χ0) is 15.2. The van der Waals surface area contributed by atoms with Crippen molar-refractivity contribution in [3.63, 3.8) is 0 Å². The summed E-state index contributed by atoms with van der Waals surface area (Å²) in [5.41, 5.74) is 6.67. The van der Waals surface area contributed by atoms with Crippen LogP contribution in [0.5, 0.6) is 11.5 Å². The summed E-state index contributed by atoms with van der Waals surface area (Å²) in [5, 5.41) is 3.08. The van der Waals surface area contributed by atoms with Crippen LogP contribution in [0.2, 0.25) is 0 Å². The number of nitrogens with two attached hydrogens (primary N) is 1. The smallest absolute Gasteiger partial charge is 0.224 e. The third kappa shape index (κ3) is 4.11. The van der Waals surface area contributed by atoms with Gasteiger partial charge in [-0.2, -0.15) is 0 Å². The maximum atomic E-state index is 12.2. The second-order valence-electron chi connectivity index (χ2n) is 5.50. The molecule has 3 N–H and O–H groups in total. The molecule has 0 radical (unpaired) electrons. The lowest BCUT2D eigenvalue weighted by Crippen LogP contribution is -2.41. The first kappa shape index (κ1) is 15.6. The first-order chi connectivity index (χ1) is 10.1. The molecule has 1 aromatic rings. The molecule has 1 aliphatic rings. The number of hydrogen-bond donors (Lipinski definition) is 2. The van der Waals surface area contributed by atoms with E-state index in [2.05, 4.69) is 5.32 Å². The van der Waals surface area contributed by atoms with Gasteiger partial charge in [-0.25, -0.2) is 0 Å². The van der Waals surface area contributed by atoms with Crippen molar-refractivity contribution in [1.82, 2.24) is 5.32 Å². The number of rotatable bonds is 5. The molecule has 0 bridgehead atoms. The van der Waals surface area contributed by atoms with Gasteiger partial charge in [0.1, 0.15) is 11.5 Å². The van der Waals surface area contributed by atoms with E-state index in [0.717, 1.165) is 31.2 Å². The fourth-order valence-corrected chi connectivity index (χ4v) is 2.81. The van der Waals surface area contributed by atoms with Gasteiger partial charge in [-0.05, 0) is 37.8 Å². The van der Waals surface area contributed by atoms with Crippen molar-refractivity contribution >= 4 is 5.91 Å². The molecule has 5 heteroatoms. The number of carbonyl (C=O) groups excluding carboxylic acids is 1. The van der Waals surface area contributed by atoms with Gasteiger partial charge in [-0.15, -0.1) is 0 Å². The molecule has 2 rings (SSSR count). The molecule has 1 aromatic carbocycles. The largest absolute Gasteiger partial charge is 0.496 e. The molecule has 0 spiro atoms. The summed E-state index contributed by atoms with van der Waals surface area (Å²) in [4.78, 5) is 12.2. The van der Waals surface area contributed by atoms with Crippen molar-refractivity contribution < 1.29 is 14.3 Å². The van der Waals surface area contributed by atoms with Crippen LogP contribution in [0.1, 0.15) is 31.2 Å². The highest BCUT2D eigenvalue weighted by molar-refractivity contribution is 5.80. The molecular formula is C16H24N2O3. The molecule has 21 heavy (non-hydrogen) atoms. The zero-order valence-corrected chi connectivity index (χ0v) is 12.7. The monoisotopic (exact) mass is 292 g/mol. The van der Waals surface area contributed by atoms with Crippen LogP contribution in [-0.4, -0.2) is 32.2 Å². The van der Waals surface area contributed by atoms with Crippen molar-refractivity contribution in [3.8, 4) is 11.5 Å². The van der Waals surface area contributed by atoms with Crippen molar-refractivity contribution in [2.75, 3.05) is 14.2 Å². The molecule has 1 amide bonds. The molecule has 1 fully saturated rings. The fourth-order valence-electron chi connectivity index (χ4n) is 2.81. The van der Waals surface area contributed by atoms with Gasteiger partial charge in [-0.3, -0.25) is 4.79 Å². The van der Waals surface area contributed by atoms with Gasteiger partial charge in [-0.1, -0.05) is 6.07 Å². The first-order valence-corrected chi connectivity index (χ1v) is 7.38. The molecule has 0 saturated heterocycles. The van der Waals surface area contributed by atoms with Crippen LogP contribution < -0.4 is 20.5 Å². The van der Waals surface area contributed by atoms with Gasteiger partial charge >= 0.3 is 0 Å². The van der Waals surface area contributed by atoms with Crippen LogP contribution in [-0.2, 0) is 11.2 Å². The molecule has 1 aliphatic carbocycles. The van der Waals surface area contributed by atoms with Crippen LogP contribution in [0.15, 0.2) is 18.2 Å². The maximum Gasteiger partial charge on any atom is 0.224 e. The summed E-state index contributed by atoms with van der Waals surface area (Å²) < 4.78 is 10.6. The van der Waals surface area contributed by atoms with Crippen molar-refractivity contribution in [3.05, 3.63) is 23.8 Å². The number of methoxy groups -OCH3 is 2. The fraction of sp³-hybridized carbons (Fsp3) is 0.562. The molecule has 0 aromatic heterocycles. The third-order valence-electron chi connectivity index (χ3n) is 4.00. The normalized spacial score (nSPS) is 21.7. The van der Waals surface area contributed by atoms with Gasteiger partial charge in [0, 0.05) is 17.6 Å². The van der Waals surface area contributed by atoms with Gasteiger partial charge in [0.15, 0.2) is 0 Å². The average molecular weight is 292 g/mol. The Balaban J connectivity index is 1.99. The molecule has 5 nitrogen and oxygen atoms in total. The van der Waals surface area contributed by atoms with E-state index in [1.807, 2.05) is 18.2 Å². The topological polar surface area (TPSA) is 73.6 Å². The molecule has 0 heterocycles.